The Morgan fingerprint density at radius 1 is 1.05 bits per heavy atom. The summed E-state index contributed by atoms with van der Waals surface area (Å²) in [5.74, 6) is 0.721. The van der Waals surface area contributed by atoms with Crippen LogP contribution < -0.4 is 0 Å². The van der Waals surface area contributed by atoms with Crippen molar-refractivity contribution in [1.82, 2.24) is 4.98 Å². The highest BCUT2D eigenvalue weighted by Gasteiger charge is 2.18. The van der Waals surface area contributed by atoms with Gasteiger partial charge < -0.3 is 5.11 Å². The number of hydrogen-bond donors (Lipinski definition) is 1. The quantitative estimate of drug-likeness (QED) is 0.906. The van der Waals surface area contributed by atoms with Crippen molar-refractivity contribution in [2.24, 2.45) is 5.92 Å². The van der Waals surface area contributed by atoms with Gasteiger partial charge in [0, 0.05) is 17.5 Å². The number of aliphatic hydroxyl groups is 1. The fourth-order valence-electron chi connectivity index (χ4n) is 3.35. The first kappa shape index (κ1) is 13.6. The van der Waals surface area contributed by atoms with Gasteiger partial charge in [0.1, 0.15) is 0 Å². The Balaban J connectivity index is 1.62. The van der Waals surface area contributed by atoms with Gasteiger partial charge in [0.2, 0.25) is 0 Å². The zero-order valence-electron chi connectivity index (χ0n) is 12.0. The van der Waals surface area contributed by atoms with Crippen LogP contribution in [0.15, 0.2) is 36.4 Å². The van der Waals surface area contributed by atoms with E-state index in [0.29, 0.717) is 6.42 Å². The van der Waals surface area contributed by atoms with Crippen LogP contribution in [0.5, 0.6) is 0 Å². The number of pyridine rings is 1. The summed E-state index contributed by atoms with van der Waals surface area (Å²) < 4.78 is 0. The first-order chi connectivity index (χ1) is 9.81. The largest absolute Gasteiger partial charge is 0.393 e. The Hall–Kier alpha value is -1.41. The number of aromatic nitrogens is 1. The van der Waals surface area contributed by atoms with Crippen molar-refractivity contribution >= 4 is 10.9 Å². The van der Waals surface area contributed by atoms with Gasteiger partial charge in [-0.05, 0) is 24.5 Å². The third-order valence-corrected chi connectivity index (χ3v) is 4.43. The van der Waals surface area contributed by atoms with Gasteiger partial charge in [0.15, 0.2) is 0 Å². The monoisotopic (exact) mass is 269 g/mol. The van der Waals surface area contributed by atoms with Crippen molar-refractivity contribution in [3.05, 3.63) is 42.1 Å². The minimum absolute atomic E-state index is 0.244. The Labute approximate surface area is 120 Å². The smallest absolute Gasteiger partial charge is 0.0705 e. The molecule has 0 amide bonds. The van der Waals surface area contributed by atoms with Crippen molar-refractivity contribution in [2.45, 2.75) is 51.0 Å². The van der Waals surface area contributed by atoms with Crippen LogP contribution in [0.25, 0.3) is 10.9 Å². The van der Waals surface area contributed by atoms with Gasteiger partial charge in [0.05, 0.1) is 11.6 Å². The van der Waals surface area contributed by atoms with E-state index in [-0.39, 0.29) is 6.10 Å². The fraction of sp³-hybridized carbons (Fsp3) is 0.500. The zero-order valence-corrected chi connectivity index (χ0v) is 12.0. The standard InChI is InChI=1S/C18H23NO/c20-17(12-14-6-2-1-3-7-14)13-16-11-10-15-8-4-5-9-18(15)19-16/h4-5,8-11,14,17,20H,1-3,6-7,12-13H2. The number of aliphatic hydroxyl groups excluding tert-OH is 1. The van der Waals surface area contributed by atoms with E-state index in [4.69, 9.17) is 0 Å². The summed E-state index contributed by atoms with van der Waals surface area (Å²) in [4.78, 5) is 4.65. The Morgan fingerprint density at radius 2 is 1.85 bits per heavy atom. The van der Waals surface area contributed by atoms with E-state index in [0.717, 1.165) is 28.9 Å². The third-order valence-electron chi connectivity index (χ3n) is 4.43. The molecule has 1 aliphatic rings. The molecule has 0 aliphatic heterocycles. The first-order valence-electron chi connectivity index (χ1n) is 7.84. The molecule has 1 aromatic carbocycles. The number of benzene rings is 1. The number of fused-ring (bicyclic) bond motifs is 1. The highest BCUT2D eigenvalue weighted by molar-refractivity contribution is 5.78. The molecule has 106 valence electrons. The molecule has 2 aromatic rings. The maximum Gasteiger partial charge on any atom is 0.0705 e. The average molecular weight is 269 g/mol. The van der Waals surface area contributed by atoms with Crippen molar-refractivity contribution in [3.8, 4) is 0 Å². The van der Waals surface area contributed by atoms with Gasteiger partial charge in [-0.15, -0.1) is 0 Å². The van der Waals surface area contributed by atoms with E-state index < -0.39 is 0 Å². The molecule has 1 N–H and O–H groups in total. The zero-order chi connectivity index (χ0) is 13.8. The van der Waals surface area contributed by atoms with Crippen LogP contribution in [0.1, 0.15) is 44.2 Å². The molecule has 20 heavy (non-hydrogen) atoms. The molecule has 1 aromatic heterocycles. The highest BCUT2D eigenvalue weighted by Crippen LogP contribution is 2.28. The summed E-state index contributed by atoms with van der Waals surface area (Å²) in [5.41, 5.74) is 2.03. The van der Waals surface area contributed by atoms with Crippen molar-refractivity contribution in [1.29, 1.82) is 0 Å². The molecule has 2 heteroatoms. The lowest BCUT2D eigenvalue weighted by Gasteiger charge is -2.23. The fourth-order valence-corrected chi connectivity index (χ4v) is 3.35. The lowest BCUT2D eigenvalue weighted by Crippen LogP contribution is -2.18. The predicted molar refractivity (Wildman–Crippen MR) is 82.6 cm³/mol. The van der Waals surface area contributed by atoms with Gasteiger partial charge in [-0.3, -0.25) is 4.98 Å². The van der Waals surface area contributed by atoms with Crippen LogP contribution in [0.3, 0.4) is 0 Å². The summed E-state index contributed by atoms with van der Waals surface area (Å²) in [6.07, 6.45) is 8.02. The average Bonchev–Trinajstić information content (AvgIpc) is 2.48. The molecule has 0 bridgehead atoms. The maximum absolute atomic E-state index is 10.3. The van der Waals surface area contributed by atoms with Crippen molar-refractivity contribution < 1.29 is 5.11 Å². The first-order valence-corrected chi connectivity index (χ1v) is 7.84. The minimum Gasteiger partial charge on any atom is -0.393 e. The minimum atomic E-state index is -0.244. The van der Waals surface area contributed by atoms with E-state index in [1.807, 2.05) is 24.3 Å². The van der Waals surface area contributed by atoms with Crippen LogP contribution in [0.2, 0.25) is 0 Å². The molecule has 2 nitrogen and oxygen atoms in total. The predicted octanol–water partition coefficient (Wildman–Crippen LogP) is 4.11. The molecule has 1 aliphatic carbocycles. The summed E-state index contributed by atoms with van der Waals surface area (Å²) in [7, 11) is 0. The van der Waals surface area contributed by atoms with Gasteiger partial charge in [-0.2, -0.15) is 0 Å². The van der Waals surface area contributed by atoms with E-state index in [2.05, 4.69) is 17.1 Å². The van der Waals surface area contributed by atoms with E-state index in [1.165, 1.54) is 32.1 Å². The number of rotatable bonds is 4. The summed E-state index contributed by atoms with van der Waals surface area (Å²) in [6, 6.07) is 12.3. The van der Waals surface area contributed by atoms with Crippen LogP contribution in [0.4, 0.5) is 0 Å². The summed E-state index contributed by atoms with van der Waals surface area (Å²) in [6.45, 7) is 0. The second kappa shape index (κ2) is 6.36. The molecule has 1 heterocycles. The van der Waals surface area contributed by atoms with Gasteiger partial charge in [-0.1, -0.05) is 56.4 Å². The Bertz CT molecular complexity index is 560. The van der Waals surface area contributed by atoms with E-state index >= 15 is 0 Å². The van der Waals surface area contributed by atoms with Gasteiger partial charge in [0.25, 0.3) is 0 Å². The number of hydrogen-bond acceptors (Lipinski definition) is 2. The molecule has 0 saturated heterocycles. The lowest BCUT2D eigenvalue weighted by atomic mass is 9.85. The third kappa shape index (κ3) is 3.37. The van der Waals surface area contributed by atoms with Crippen molar-refractivity contribution in [2.75, 3.05) is 0 Å². The normalized spacial score (nSPS) is 18.2. The Morgan fingerprint density at radius 3 is 2.70 bits per heavy atom. The number of nitrogens with zero attached hydrogens (tertiary/aromatic N) is 1. The van der Waals surface area contributed by atoms with Crippen LogP contribution >= 0.6 is 0 Å². The molecule has 0 spiro atoms. The molecular formula is C18H23NO. The van der Waals surface area contributed by atoms with Crippen LogP contribution in [-0.2, 0) is 6.42 Å². The van der Waals surface area contributed by atoms with E-state index in [1.54, 1.807) is 0 Å². The molecule has 1 atom stereocenters. The molecule has 3 rings (SSSR count). The van der Waals surface area contributed by atoms with Gasteiger partial charge in [-0.25, -0.2) is 0 Å². The summed E-state index contributed by atoms with van der Waals surface area (Å²) in [5, 5.41) is 11.5. The van der Waals surface area contributed by atoms with Crippen molar-refractivity contribution in [3.63, 3.8) is 0 Å². The SMILES string of the molecule is OC(Cc1ccc2ccccc2n1)CC1CCCCC1. The molecule has 0 radical (unpaired) electrons. The second-order valence-corrected chi connectivity index (χ2v) is 6.09. The lowest BCUT2D eigenvalue weighted by molar-refractivity contribution is 0.129. The van der Waals surface area contributed by atoms with Gasteiger partial charge >= 0.3 is 0 Å². The van der Waals surface area contributed by atoms with Crippen LogP contribution in [-0.4, -0.2) is 16.2 Å². The van der Waals surface area contributed by atoms with Crippen LogP contribution in [0, 0.1) is 5.92 Å². The Kier molecular flexibility index (Phi) is 4.31. The topological polar surface area (TPSA) is 33.1 Å². The molecule has 1 unspecified atom stereocenters. The van der Waals surface area contributed by atoms with E-state index in [9.17, 15) is 5.11 Å². The molecule has 1 saturated carbocycles. The molecule has 1 fully saturated rings. The number of para-hydroxylation sites is 1. The summed E-state index contributed by atoms with van der Waals surface area (Å²) >= 11 is 0. The second-order valence-electron chi connectivity index (χ2n) is 6.09. The highest BCUT2D eigenvalue weighted by atomic mass is 16.3. The maximum atomic E-state index is 10.3. The molecular weight excluding hydrogens is 246 g/mol.